The highest BCUT2D eigenvalue weighted by Crippen LogP contribution is 2.46. The summed E-state index contributed by atoms with van der Waals surface area (Å²) in [7, 11) is -3.97. The van der Waals surface area contributed by atoms with E-state index in [4.69, 9.17) is 16.3 Å². The van der Waals surface area contributed by atoms with Crippen molar-refractivity contribution in [1.29, 1.82) is 0 Å². The first-order chi connectivity index (χ1) is 18.0. The van der Waals surface area contributed by atoms with Gasteiger partial charge in [-0.3, -0.25) is 9.69 Å². The number of carbonyl (C=O) groups is 1. The van der Waals surface area contributed by atoms with Gasteiger partial charge in [0, 0.05) is 24.4 Å². The summed E-state index contributed by atoms with van der Waals surface area (Å²) in [5.41, 5.74) is 0.973. The van der Waals surface area contributed by atoms with Crippen LogP contribution in [0, 0.1) is 5.82 Å². The third-order valence-corrected chi connectivity index (χ3v) is 10.5. The molecule has 2 aromatic carbocycles. The van der Waals surface area contributed by atoms with Gasteiger partial charge in [0.05, 0.1) is 16.4 Å². The molecule has 1 fully saturated rings. The Kier molecular flexibility index (Phi) is 6.70. The van der Waals surface area contributed by atoms with Crippen LogP contribution in [0.2, 0.25) is 5.02 Å². The Balaban J connectivity index is 1.63. The molecule has 6 nitrogen and oxygen atoms in total. The fraction of sp³-hybridized carbons (Fsp3) is 0.310. The predicted molar refractivity (Wildman–Crippen MR) is 144 cm³/mol. The summed E-state index contributed by atoms with van der Waals surface area (Å²) in [6.07, 6.45) is 3.23. The molecule has 2 aliphatic heterocycles. The van der Waals surface area contributed by atoms with Gasteiger partial charge >= 0.3 is 0 Å². The Morgan fingerprint density at radius 2 is 1.79 bits per heavy atom. The van der Waals surface area contributed by atoms with Crippen LogP contribution in [-0.4, -0.2) is 32.5 Å². The zero-order chi connectivity index (χ0) is 27.3. The minimum atomic E-state index is -3.97. The van der Waals surface area contributed by atoms with E-state index in [1.807, 2.05) is 24.3 Å². The molecule has 1 atom stereocenters. The number of ether oxygens (including phenoxy) is 1. The van der Waals surface area contributed by atoms with Gasteiger partial charge in [0.2, 0.25) is 5.91 Å². The number of aromatic nitrogens is 1. The van der Waals surface area contributed by atoms with Crippen molar-refractivity contribution >= 4 is 33.2 Å². The quantitative estimate of drug-likeness (QED) is 0.367. The van der Waals surface area contributed by atoms with Crippen molar-refractivity contribution in [1.82, 2.24) is 4.98 Å². The second kappa shape index (κ2) is 9.59. The minimum absolute atomic E-state index is 0.0876. The highest BCUT2D eigenvalue weighted by Gasteiger charge is 2.49. The Bertz CT molecular complexity index is 1520. The lowest BCUT2D eigenvalue weighted by molar-refractivity contribution is -0.124. The summed E-state index contributed by atoms with van der Waals surface area (Å²) in [4.78, 5) is 19.5. The van der Waals surface area contributed by atoms with E-state index in [2.05, 4.69) is 11.6 Å². The van der Waals surface area contributed by atoms with Gasteiger partial charge in [-0.15, -0.1) is 6.58 Å². The standard InChI is InChI=1S/C29H28ClFN2O4S/c1-4-25-22-7-5-6-8-23(22)28(2,3)27(34)33(25)26-24(31)17-19(18-32-26)29(13-15-37-16-14-29)38(35,36)21-11-9-20(30)10-12-21/h4-12,17-18,25H,1,13-16H2,2-3H3/t25-/m1/s1. The Hall–Kier alpha value is -3.07. The van der Waals surface area contributed by atoms with Crippen LogP contribution in [0.5, 0.6) is 0 Å². The van der Waals surface area contributed by atoms with Crippen LogP contribution < -0.4 is 4.90 Å². The van der Waals surface area contributed by atoms with Gasteiger partial charge in [0.1, 0.15) is 4.75 Å². The van der Waals surface area contributed by atoms with Gasteiger partial charge in [-0.25, -0.2) is 17.8 Å². The summed E-state index contributed by atoms with van der Waals surface area (Å²) in [6.45, 7) is 7.88. The third kappa shape index (κ3) is 3.97. The molecule has 198 valence electrons. The summed E-state index contributed by atoms with van der Waals surface area (Å²) in [5.74, 6) is -1.28. The number of sulfone groups is 1. The first-order valence-corrected chi connectivity index (χ1v) is 14.2. The number of hydrogen-bond donors (Lipinski definition) is 0. The molecule has 0 spiro atoms. The van der Waals surface area contributed by atoms with E-state index in [1.54, 1.807) is 19.9 Å². The van der Waals surface area contributed by atoms with Crippen LogP contribution in [0.3, 0.4) is 0 Å². The van der Waals surface area contributed by atoms with Gasteiger partial charge in [-0.2, -0.15) is 0 Å². The summed E-state index contributed by atoms with van der Waals surface area (Å²) >= 11 is 5.98. The Labute approximate surface area is 227 Å². The number of amides is 1. The molecule has 0 radical (unpaired) electrons. The van der Waals surface area contributed by atoms with Gasteiger partial charge in [0.25, 0.3) is 0 Å². The smallest absolute Gasteiger partial charge is 0.239 e. The van der Waals surface area contributed by atoms with Crippen molar-refractivity contribution in [3.05, 3.63) is 101 Å². The number of nitrogens with zero attached hydrogens (tertiary/aromatic N) is 2. The zero-order valence-electron chi connectivity index (χ0n) is 21.2. The van der Waals surface area contributed by atoms with Crippen molar-refractivity contribution in [3.63, 3.8) is 0 Å². The monoisotopic (exact) mass is 554 g/mol. The minimum Gasteiger partial charge on any atom is -0.381 e. The van der Waals surface area contributed by atoms with Crippen LogP contribution >= 0.6 is 11.6 Å². The lowest BCUT2D eigenvalue weighted by atomic mass is 9.75. The number of hydrogen-bond acceptors (Lipinski definition) is 5. The number of anilines is 1. The van der Waals surface area contributed by atoms with E-state index >= 15 is 4.39 Å². The van der Waals surface area contributed by atoms with Crippen LogP contribution in [0.4, 0.5) is 10.2 Å². The molecule has 0 unspecified atom stereocenters. The molecule has 3 aromatic rings. The van der Waals surface area contributed by atoms with E-state index < -0.39 is 31.9 Å². The number of carbonyl (C=O) groups excluding carboxylic acids is 1. The maximum Gasteiger partial charge on any atom is 0.239 e. The molecule has 5 rings (SSSR count). The van der Waals surface area contributed by atoms with E-state index in [-0.39, 0.29) is 48.2 Å². The fourth-order valence-electron chi connectivity index (χ4n) is 5.58. The third-order valence-electron chi connectivity index (χ3n) is 7.72. The van der Waals surface area contributed by atoms with Gasteiger partial charge in [0.15, 0.2) is 21.5 Å². The average molecular weight is 555 g/mol. The first kappa shape index (κ1) is 26.5. The van der Waals surface area contributed by atoms with Gasteiger partial charge in [-0.05, 0) is 73.7 Å². The number of rotatable bonds is 5. The fourth-order valence-corrected chi connectivity index (χ4v) is 7.77. The van der Waals surface area contributed by atoms with Crippen molar-refractivity contribution in [3.8, 4) is 0 Å². The summed E-state index contributed by atoms with van der Waals surface area (Å²) in [5, 5.41) is 0.412. The highest BCUT2D eigenvalue weighted by molar-refractivity contribution is 7.92. The topological polar surface area (TPSA) is 76.6 Å². The van der Waals surface area contributed by atoms with Crippen LogP contribution in [0.25, 0.3) is 0 Å². The number of halogens is 2. The largest absolute Gasteiger partial charge is 0.381 e. The second-order valence-corrected chi connectivity index (χ2v) is 12.9. The maximum atomic E-state index is 16.0. The summed E-state index contributed by atoms with van der Waals surface area (Å²) in [6, 6.07) is 14.0. The summed E-state index contributed by atoms with van der Waals surface area (Å²) < 4.78 is 47.9. The van der Waals surface area contributed by atoms with Crippen LogP contribution in [0.1, 0.15) is 49.4 Å². The lowest BCUT2D eigenvalue weighted by Gasteiger charge is -2.43. The van der Waals surface area contributed by atoms with Gasteiger partial charge in [-0.1, -0.05) is 41.9 Å². The van der Waals surface area contributed by atoms with E-state index in [0.717, 1.165) is 11.1 Å². The highest BCUT2D eigenvalue weighted by atomic mass is 35.5. The van der Waals surface area contributed by atoms with Crippen molar-refractivity contribution in [2.45, 2.75) is 47.8 Å². The molecule has 3 heterocycles. The zero-order valence-corrected chi connectivity index (χ0v) is 22.7. The molecule has 38 heavy (non-hydrogen) atoms. The molecule has 0 bridgehead atoms. The maximum absolute atomic E-state index is 16.0. The Morgan fingerprint density at radius 1 is 1.13 bits per heavy atom. The molecule has 1 aromatic heterocycles. The number of pyridine rings is 1. The molecule has 0 N–H and O–H groups in total. The molecular weight excluding hydrogens is 527 g/mol. The second-order valence-electron chi connectivity index (χ2n) is 10.2. The molecule has 9 heteroatoms. The van der Waals surface area contributed by atoms with Crippen molar-refractivity contribution in [2.24, 2.45) is 0 Å². The van der Waals surface area contributed by atoms with Crippen LogP contribution in [-0.2, 0) is 29.5 Å². The first-order valence-electron chi connectivity index (χ1n) is 12.3. The molecule has 0 saturated carbocycles. The number of benzene rings is 2. The number of fused-ring (bicyclic) bond motifs is 1. The molecule has 1 amide bonds. The molecule has 2 aliphatic rings. The SMILES string of the molecule is C=C[C@@H]1c2ccccc2C(C)(C)C(=O)N1c1ncc(C2(S(=O)(=O)c3ccc(Cl)cc3)CCOCC2)cc1F. The lowest BCUT2D eigenvalue weighted by Crippen LogP contribution is -2.50. The molecule has 1 saturated heterocycles. The van der Waals surface area contributed by atoms with Crippen LogP contribution in [0.15, 0.2) is 78.3 Å². The van der Waals surface area contributed by atoms with E-state index in [1.165, 1.54) is 41.4 Å². The molecular formula is C29H28ClFN2O4S. The molecule has 0 aliphatic carbocycles. The van der Waals surface area contributed by atoms with E-state index in [9.17, 15) is 13.2 Å². The van der Waals surface area contributed by atoms with Crippen molar-refractivity contribution < 1.29 is 22.3 Å². The van der Waals surface area contributed by atoms with Gasteiger partial charge < -0.3 is 4.74 Å². The normalized spacial score (nSPS) is 20.6. The Morgan fingerprint density at radius 3 is 2.42 bits per heavy atom. The average Bonchev–Trinajstić information content (AvgIpc) is 2.91. The van der Waals surface area contributed by atoms with E-state index in [0.29, 0.717) is 5.02 Å². The van der Waals surface area contributed by atoms with Crippen molar-refractivity contribution in [2.75, 3.05) is 18.1 Å². The predicted octanol–water partition coefficient (Wildman–Crippen LogP) is 5.91.